The van der Waals surface area contributed by atoms with Crippen molar-refractivity contribution in [2.24, 2.45) is 5.10 Å². The highest BCUT2D eigenvalue weighted by Crippen LogP contribution is 2.12. The number of aryl methyl sites for hydroxylation is 2. The molecule has 0 atom stereocenters. The van der Waals surface area contributed by atoms with Gasteiger partial charge in [-0.3, -0.25) is 9.78 Å². The van der Waals surface area contributed by atoms with Gasteiger partial charge in [-0.25, -0.2) is 5.43 Å². The molecule has 0 radical (unpaired) electrons. The van der Waals surface area contributed by atoms with Crippen molar-refractivity contribution in [3.63, 3.8) is 0 Å². The number of ether oxygens (including phenoxy) is 1. The summed E-state index contributed by atoms with van der Waals surface area (Å²) in [5, 5.41) is 4.01. The molecule has 0 fully saturated rings. The summed E-state index contributed by atoms with van der Waals surface area (Å²) in [6.45, 7) is 4.67. The lowest BCUT2D eigenvalue weighted by Gasteiger charge is -2.06. The van der Waals surface area contributed by atoms with Crippen LogP contribution in [0, 0.1) is 6.92 Å². The van der Waals surface area contributed by atoms with Gasteiger partial charge in [0, 0.05) is 23.9 Å². The second kappa shape index (κ2) is 10.2. The van der Waals surface area contributed by atoms with Gasteiger partial charge in [-0.05, 0) is 66.9 Å². The Morgan fingerprint density at radius 2 is 1.83 bits per heavy atom. The number of carbonyl (C=O) groups excluding carboxylic acids is 1. The van der Waals surface area contributed by atoms with Crippen LogP contribution >= 0.6 is 0 Å². The number of nitrogens with one attached hydrogen (secondary N) is 1. The summed E-state index contributed by atoms with van der Waals surface area (Å²) < 4.78 is 5.78. The minimum atomic E-state index is -0.234. The standard InChI is InChI=1S/C24H25N3O2/c1-3-19-6-11-22(25-16-19)14-15-29-23-12-7-20(8-13-23)17-26-27-24(28)21-9-4-18(2)5-10-21/h4-13,16-17H,3,14-15H2,1-2H3,(H,27,28)/b26-17+. The van der Waals surface area contributed by atoms with Gasteiger partial charge in [-0.1, -0.05) is 30.7 Å². The molecule has 0 saturated heterocycles. The van der Waals surface area contributed by atoms with Crippen molar-refractivity contribution in [1.82, 2.24) is 10.4 Å². The number of nitrogens with zero attached hydrogens (tertiary/aromatic N) is 2. The number of hydrogen-bond donors (Lipinski definition) is 1. The molecule has 148 valence electrons. The number of amides is 1. The highest BCUT2D eigenvalue weighted by atomic mass is 16.5. The van der Waals surface area contributed by atoms with E-state index in [-0.39, 0.29) is 5.91 Å². The molecule has 0 aliphatic carbocycles. The first kappa shape index (κ1) is 20.3. The summed E-state index contributed by atoms with van der Waals surface area (Å²) in [6.07, 6.45) is 5.28. The average Bonchev–Trinajstić information content (AvgIpc) is 2.76. The fourth-order valence-corrected chi connectivity index (χ4v) is 2.67. The zero-order chi connectivity index (χ0) is 20.5. The Balaban J connectivity index is 1.44. The first-order valence-corrected chi connectivity index (χ1v) is 9.71. The number of hydrazone groups is 1. The Morgan fingerprint density at radius 3 is 2.48 bits per heavy atom. The summed E-state index contributed by atoms with van der Waals surface area (Å²) in [7, 11) is 0. The van der Waals surface area contributed by atoms with Crippen LogP contribution in [0.5, 0.6) is 5.75 Å². The number of pyridine rings is 1. The van der Waals surface area contributed by atoms with Crippen LogP contribution in [0.2, 0.25) is 0 Å². The summed E-state index contributed by atoms with van der Waals surface area (Å²) in [6, 6.07) is 19.1. The van der Waals surface area contributed by atoms with Gasteiger partial charge in [-0.2, -0.15) is 5.10 Å². The molecule has 0 aliphatic rings. The lowest BCUT2D eigenvalue weighted by atomic mass is 10.1. The maximum atomic E-state index is 12.0. The van der Waals surface area contributed by atoms with E-state index in [9.17, 15) is 4.79 Å². The van der Waals surface area contributed by atoms with Gasteiger partial charge in [0.25, 0.3) is 5.91 Å². The van der Waals surface area contributed by atoms with Crippen LogP contribution in [0.3, 0.4) is 0 Å². The van der Waals surface area contributed by atoms with Gasteiger partial charge < -0.3 is 4.74 Å². The van der Waals surface area contributed by atoms with Gasteiger partial charge in [0.2, 0.25) is 0 Å². The van der Waals surface area contributed by atoms with Crippen LogP contribution in [0.1, 0.15) is 39.7 Å². The predicted molar refractivity (Wildman–Crippen MR) is 115 cm³/mol. The molecule has 0 unspecified atom stereocenters. The number of rotatable bonds is 8. The van der Waals surface area contributed by atoms with Gasteiger partial charge in [0.15, 0.2) is 0 Å². The first-order valence-electron chi connectivity index (χ1n) is 9.71. The smallest absolute Gasteiger partial charge is 0.271 e. The molecule has 1 amide bonds. The van der Waals surface area contributed by atoms with Crippen LogP contribution < -0.4 is 10.2 Å². The van der Waals surface area contributed by atoms with E-state index in [0.29, 0.717) is 12.2 Å². The van der Waals surface area contributed by atoms with Gasteiger partial charge in [0.1, 0.15) is 5.75 Å². The largest absolute Gasteiger partial charge is 0.493 e. The lowest BCUT2D eigenvalue weighted by molar-refractivity contribution is 0.0955. The molecule has 5 nitrogen and oxygen atoms in total. The molecule has 1 aromatic heterocycles. The van der Waals surface area contributed by atoms with Crippen LogP contribution in [0.15, 0.2) is 72.0 Å². The van der Waals surface area contributed by atoms with E-state index in [1.807, 2.05) is 55.6 Å². The van der Waals surface area contributed by atoms with E-state index >= 15 is 0 Å². The van der Waals surface area contributed by atoms with E-state index in [1.54, 1.807) is 18.3 Å². The van der Waals surface area contributed by atoms with Gasteiger partial charge >= 0.3 is 0 Å². The number of aromatic nitrogens is 1. The Bertz CT molecular complexity index is 947. The fraction of sp³-hybridized carbons (Fsp3) is 0.208. The molecule has 29 heavy (non-hydrogen) atoms. The third-order valence-corrected chi connectivity index (χ3v) is 4.49. The number of carbonyl (C=O) groups is 1. The molecule has 0 aliphatic heterocycles. The molecule has 0 spiro atoms. The summed E-state index contributed by atoms with van der Waals surface area (Å²) in [4.78, 5) is 16.5. The van der Waals surface area contributed by atoms with Crippen molar-refractivity contribution >= 4 is 12.1 Å². The third kappa shape index (κ3) is 6.28. The Morgan fingerprint density at radius 1 is 1.07 bits per heavy atom. The minimum absolute atomic E-state index is 0.234. The van der Waals surface area contributed by atoms with Crippen molar-refractivity contribution in [1.29, 1.82) is 0 Å². The topological polar surface area (TPSA) is 63.6 Å². The van der Waals surface area contributed by atoms with Crippen molar-refractivity contribution in [3.8, 4) is 5.75 Å². The Labute approximate surface area is 171 Å². The summed E-state index contributed by atoms with van der Waals surface area (Å²) in [5.41, 5.74) is 7.36. The van der Waals surface area contributed by atoms with Crippen LogP contribution in [-0.2, 0) is 12.8 Å². The molecular weight excluding hydrogens is 362 g/mol. The van der Waals surface area contributed by atoms with Crippen LogP contribution in [-0.4, -0.2) is 23.7 Å². The first-order chi connectivity index (χ1) is 14.1. The molecule has 3 aromatic rings. The summed E-state index contributed by atoms with van der Waals surface area (Å²) in [5.74, 6) is 0.554. The average molecular weight is 387 g/mol. The lowest BCUT2D eigenvalue weighted by Crippen LogP contribution is -2.17. The second-order valence-electron chi connectivity index (χ2n) is 6.74. The summed E-state index contributed by atoms with van der Waals surface area (Å²) >= 11 is 0. The zero-order valence-corrected chi connectivity index (χ0v) is 16.8. The normalized spacial score (nSPS) is 10.8. The van der Waals surface area contributed by atoms with Crippen molar-refractivity contribution in [3.05, 3.63) is 94.8 Å². The van der Waals surface area contributed by atoms with E-state index in [4.69, 9.17) is 4.74 Å². The van der Waals surface area contributed by atoms with Crippen molar-refractivity contribution < 1.29 is 9.53 Å². The highest BCUT2D eigenvalue weighted by molar-refractivity contribution is 5.94. The molecule has 0 saturated carbocycles. The molecule has 1 heterocycles. The maximum Gasteiger partial charge on any atom is 0.271 e. The van der Waals surface area contributed by atoms with Gasteiger partial charge in [0.05, 0.1) is 12.8 Å². The molecule has 2 aromatic carbocycles. The molecule has 1 N–H and O–H groups in total. The fourth-order valence-electron chi connectivity index (χ4n) is 2.67. The highest BCUT2D eigenvalue weighted by Gasteiger charge is 2.03. The molecule has 0 bridgehead atoms. The van der Waals surface area contributed by atoms with Crippen molar-refractivity contribution in [2.45, 2.75) is 26.7 Å². The maximum absolute atomic E-state index is 12.0. The predicted octanol–water partition coefficient (Wildman–Crippen LogP) is 4.34. The monoisotopic (exact) mass is 387 g/mol. The van der Waals surface area contributed by atoms with Crippen LogP contribution in [0.4, 0.5) is 0 Å². The molecular formula is C24H25N3O2. The van der Waals surface area contributed by atoms with E-state index in [2.05, 4.69) is 28.5 Å². The van der Waals surface area contributed by atoms with E-state index in [0.717, 1.165) is 35.4 Å². The third-order valence-electron chi connectivity index (χ3n) is 4.49. The Kier molecular flexibility index (Phi) is 7.11. The second-order valence-corrected chi connectivity index (χ2v) is 6.74. The number of hydrogen-bond acceptors (Lipinski definition) is 4. The number of benzene rings is 2. The zero-order valence-electron chi connectivity index (χ0n) is 16.8. The van der Waals surface area contributed by atoms with Crippen molar-refractivity contribution in [2.75, 3.05) is 6.61 Å². The molecule has 5 heteroatoms. The van der Waals surface area contributed by atoms with E-state index < -0.39 is 0 Å². The quantitative estimate of drug-likeness (QED) is 0.462. The Hall–Kier alpha value is -3.47. The van der Waals surface area contributed by atoms with E-state index in [1.165, 1.54) is 5.56 Å². The van der Waals surface area contributed by atoms with Gasteiger partial charge in [-0.15, -0.1) is 0 Å². The SMILES string of the molecule is CCc1ccc(CCOc2ccc(/C=N/NC(=O)c3ccc(C)cc3)cc2)nc1. The molecule has 3 rings (SSSR count). The van der Waals surface area contributed by atoms with Crippen LogP contribution in [0.25, 0.3) is 0 Å². The minimum Gasteiger partial charge on any atom is -0.493 e.